The van der Waals surface area contributed by atoms with Crippen LogP contribution >= 0.6 is 0 Å². The van der Waals surface area contributed by atoms with Crippen molar-refractivity contribution in [1.29, 1.82) is 0 Å². The molecule has 11 heteroatoms. The smallest absolute Gasteiger partial charge is 0.224 e. The maximum atomic E-state index is 14.3. The van der Waals surface area contributed by atoms with Gasteiger partial charge in [0, 0.05) is 24.8 Å². The van der Waals surface area contributed by atoms with Crippen molar-refractivity contribution in [1.82, 2.24) is 19.5 Å². The van der Waals surface area contributed by atoms with Crippen molar-refractivity contribution in [3.05, 3.63) is 35.8 Å². The molecule has 2 aromatic heterocycles. The average Bonchev–Trinajstić information content (AvgIpc) is 3.32. The van der Waals surface area contributed by atoms with Crippen LogP contribution in [0.4, 0.5) is 30.8 Å². The van der Waals surface area contributed by atoms with Crippen LogP contribution in [0, 0.1) is 17.5 Å². The Morgan fingerprint density at radius 1 is 1.12 bits per heavy atom. The number of hydrogen-bond donors (Lipinski definition) is 3. The van der Waals surface area contributed by atoms with Gasteiger partial charge in [0.1, 0.15) is 17.0 Å². The highest BCUT2D eigenvalue weighted by Crippen LogP contribution is 2.32. The van der Waals surface area contributed by atoms with E-state index < -0.39 is 35.7 Å². The Balaban J connectivity index is 1.57. The van der Waals surface area contributed by atoms with Gasteiger partial charge in [-0.2, -0.15) is 4.98 Å². The summed E-state index contributed by atoms with van der Waals surface area (Å²) >= 11 is 0. The minimum absolute atomic E-state index is 0.0564. The van der Waals surface area contributed by atoms with Gasteiger partial charge < -0.3 is 20.5 Å². The van der Waals surface area contributed by atoms with Crippen LogP contribution < -0.4 is 10.6 Å². The van der Waals surface area contributed by atoms with Gasteiger partial charge in [-0.1, -0.05) is 0 Å². The second kappa shape index (κ2) is 8.55. The first-order valence-corrected chi connectivity index (χ1v) is 10.4. The third-order valence-corrected chi connectivity index (χ3v) is 5.66. The van der Waals surface area contributed by atoms with E-state index in [4.69, 9.17) is 7.48 Å². The lowest BCUT2D eigenvalue weighted by Gasteiger charge is -2.26. The highest BCUT2D eigenvalue weighted by atomic mass is 19.1. The number of hydrogen-bond acceptors (Lipinski definition) is 7. The van der Waals surface area contributed by atoms with Crippen LogP contribution in [-0.2, 0) is 4.74 Å². The first-order valence-electron chi connectivity index (χ1n) is 11.5. The van der Waals surface area contributed by atoms with Crippen molar-refractivity contribution in [2.45, 2.75) is 50.3 Å². The van der Waals surface area contributed by atoms with Gasteiger partial charge in [0.25, 0.3) is 0 Å². The van der Waals surface area contributed by atoms with Crippen LogP contribution in [-0.4, -0.2) is 50.0 Å². The Bertz CT molecular complexity index is 1200. The summed E-state index contributed by atoms with van der Waals surface area (Å²) in [4.78, 5) is 13.1. The Kier molecular flexibility index (Phi) is 4.98. The number of aromatic nitrogens is 4. The maximum absolute atomic E-state index is 14.3. The van der Waals surface area contributed by atoms with E-state index in [0.717, 1.165) is 12.8 Å². The molecule has 5 rings (SSSR count). The summed E-state index contributed by atoms with van der Waals surface area (Å²) in [5.74, 6) is -3.30. The van der Waals surface area contributed by atoms with Crippen molar-refractivity contribution in [2.75, 3.05) is 23.8 Å². The number of aliphatic hydroxyl groups is 1. The molecule has 170 valence electrons. The molecule has 3 N–H and O–H groups in total. The largest absolute Gasteiger partial charge is 0.393 e. The van der Waals surface area contributed by atoms with E-state index in [-0.39, 0.29) is 48.2 Å². The fourth-order valence-electron chi connectivity index (χ4n) is 4.02. The zero-order valence-corrected chi connectivity index (χ0v) is 17.0. The molecule has 1 saturated carbocycles. The Morgan fingerprint density at radius 3 is 2.56 bits per heavy atom. The van der Waals surface area contributed by atoms with Crippen molar-refractivity contribution >= 4 is 28.7 Å². The van der Waals surface area contributed by atoms with Crippen LogP contribution in [0.3, 0.4) is 0 Å². The lowest BCUT2D eigenvalue weighted by Crippen LogP contribution is -2.29. The highest BCUT2D eigenvalue weighted by Gasteiger charge is 2.27. The molecule has 3 aromatic rings. The molecule has 2 aliphatic rings. The molecule has 2 atom stereocenters. The lowest BCUT2D eigenvalue weighted by molar-refractivity contribution is 0.126. The summed E-state index contributed by atoms with van der Waals surface area (Å²) in [6.07, 6.45) is 4.01. The fraction of sp³-hybridized carbons (Fsp3) is 0.476. The van der Waals surface area contributed by atoms with Crippen LogP contribution in [0.25, 0.3) is 11.2 Å². The van der Waals surface area contributed by atoms with Gasteiger partial charge in [-0.15, -0.1) is 0 Å². The summed E-state index contributed by atoms with van der Waals surface area (Å²) in [5.41, 5.74) is -0.230. The molecule has 2 fully saturated rings. The van der Waals surface area contributed by atoms with E-state index in [1.807, 2.05) is 0 Å². The van der Waals surface area contributed by atoms with E-state index >= 15 is 0 Å². The Labute approximate surface area is 184 Å². The number of benzene rings is 1. The van der Waals surface area contributed by atoms with Crippen molar-refractivity contribution < 1.29 is 25.8 Å². The number of aliphatic hydroxyl groups excluding tert-OH is 1. The number of rotatable bonds is 5. The zero-order valence-electron chi connectivity index (χ0n) is 19.0. The number of nitrogens with zero attached hydrogens (tertiary/aromatic N) is 4. The molecular formula is C21H23F3N6O2. The van der Waals surface area contributed by atoms with Gasteiger partial charge in [0.05, 0.1) is 27.6 Å². The third-order valence-electron chi connectivity index (χ3n) is 5.66. The molecule has 0 bridgehead atoms. The molecule has 1 aliphatic heterocycles. The molecule has 32 heavy (non-hydrogen) atoms. The second-order valence-corrected chi connectivity index (χ2v) is 7.92. The molecule has 2 unspecified atom stereocenters. The second-order valence-electron chi connectivity index (χ2n) is 7.92. The van der Waals surface area contributed by atoms with E-state index in [1.165, 1.54) is 10.8 Å². The van der Waals surface area contributed by atoms with Gasteiger partial charge >= 0.3 is 0 Å². The van der Waals surface area contributed by atoms with E-state index in [2.05, 4.69) is 25.6 Å². The van der Waals surface area contributed by atoms with Crippen molar-refractivity contribution in [2.24, 2.45) is 0 Å². The number of anilines is 3. The minimum Gasteiger partial charge on any atom is -0.393 e. The highest BCUT2D eigenvalue weighted by molar-refractivity contribution is 5.76. The molecule has 1 aromatic carbocycles. The molecule has 0 radical (unpaired) electrons. The van der Waals surface area contributed by atoms with Gasteiger partial charge in [0.2, 0.25) is 11.9 Å². The van der Waals surface area contributed by atoms with Gasteiger partial charge in [-0.3, -0.25) is 4.57 Å². The molecule has 0 amide bonds. The average molecular weight is 450 g/mol. The summed E-state index contributed by atoms with van der Waals surface area (Å²) in [6.45, 7) is -1.17. The Hall–Kier alpha value is -2.92. The SMILES string of the molecule is [2H]C1OCCC1([2H])n1c(Nc2c(F)cc(F)cc2F)nc2cnc(NC3CCC(O)CC3)nc21. The summed E-state index contributed by atoms with van der Waals surface area (Å²) in [6, 6.07) is -0.570. The number of imidazole rings is 1. The predicted octanol–water partition coefficient (Wildman–Crippen LogP) is 3.66. The number of halogens is 3. The minimum atomic E-state index is -1.69. The lowest BCUT2D eigenvalue weighted by atomic mass is 9.93. The third kappa shape index (κ3) is 4.09. The molecule has 0 spiro atoms. The van der Waals surface area contributed by atoms with Crippen LogP contribution in [0.2, 0.25) is 0 Å². The number of ether oxygens (including phenoxy) is 1. The summed E-state index contributed by atoms with van der Waals surface area (Å²) in [5, 5.41) is 15.5. The first kappa shape index (κ1) is 18.6. The number of nitrogens with one attached hydrogen (secondary N) is 2. The van der Waals surface area contributed by atoms with Crippen molar-refractivity contribution in [3.8, 4) is 0 Å². The standard InChI is InChI=1S/C21H23F3N6O2/c22-11-7-15(23)18(16(24)8-11)28-21-27-17-9-25-20(26-12-1-3-14(31)4-2-12)29-19(17)30(21)13-5-6-32-10-13/h7-9,12-14,31H,1-6,10H2,(H,27,28)(H,25,26,29)/i10D,13D. The van der Waals surface area contributed by atoms with Crippen LogP contribution in [0.1, 0.15) is 40.9 Å². The monoisotopic (exact) mass is 450 g/mol. The quantitative estimate of drug-likeness (QED) is 0.546. The van der Waals surface area contributed by atoms with E-state index in [0.29, 0.717) is 25.0 Å². The van der Waals surface area contributed by atoms with Gasteiger partial charge in [-0.05, 0) is 32.1 Å². The maximum Gasteiger partial charge on any atom is 0.224 e. The van der Waals surface area contributed by atoms with E-state index in [1.54, 1.807) is 0 Å². The Morgan fingerprint density at radius 2 is 1.88 bits per heavy atom. The van der Waals surface area contributed by atoms with E-state index in [9.17, 15) is 18.3 Å². The topological polar surface area (TPSA) is 97.1 Å². The first-order chi connectivity index (χ1) is 16.2. The molecule has 3 heterocycles. The van der Waals surface area contributed by atoms with Crippen molar-refractivity contribution in [3.63, 3.8) is 0 Å². The zero-order chi connectivity index (χ0) is 24.0. The molecule has 8 nitrogen and oxygen atoms in total. The van der Waals surface area contributed by atoms with Gasteiger partial charge in [0.15, 0.2) is 17.3 Å². The molecular weight excluding hydrogens is 425 g/mol. The predicted molar refractivity (Wildman–Crippen MR) is 111 cm³/mol. The fourth-order valence-corrected chi connectivity index (χ4v) is 4.02. The van der Waals surface area contributed by atoms with Crippen LogP contribution in [0.15, 0.2) is 18.3 Å². The molecule has 1 aliphatic carbocycles. The number of fused-ring (bicyclic) bond motifs is 1. The molecule has 1 saturated heterocycles. The van der Waals surface area contributed by atoms with Gasteiger partial charge in [-0.25, -0.2) is 23.1 Å². The summed E-state index contributed by atoms with van der Waals surface area (Å²) < 4.78 is 65.8. The summed E-state index contributed by atoms with van der Waals surface area (Å²) in [7, 11) is 0. The van der Waals surface area contributed by atoms with Crippen LogP contribution in [0.5, 0.6) is 0 Å². The normalized spacial score (nSPS) is 29.1.